The summed E-state index contributed by atoms with van der Waals surface area (Å²) in [5.74, 6) is 0. The van der Waals surface area contributed by atoms with Crippen LogP contribution in [-0.4, -0.2) is 14.4 Å². The highest BCUT2D eigenvalue weighted by atomic mass is 14.9. The first kappa shape index (κ1) is 10.1. The number of hydrogen-bond acceptors (Lipinski definition) is 2. The first-order valence-corrected chi connectivity index (χ1v) is 6.69. The Morgan fingerprint density at radius 3 is 2.65 bits per heavy atom. The molecule has 3 nitrogen and oxygen atoms in total. The van der Waals surface area contributed by atoms with E-state index in [0.717, 1.165) is 0 Å². The number of fused-ring (bicyclic) bond motifs is 6. The minimum Gasteiger partial charge on any atom is -0.308 e. The van der Waals surface area contributed by atoms with E-state index in [2.05, 4.69) is 45.6 Å². The molecule has 0 spiro atoms. The van der Waals surface area contributed by atoms with Crippen molar-refractivity contribution in [2.24, 2.45) is 0 Å². The molecule has 5 rings (SSSR count). The lowest BCUT2D eigenvalue weighted by molar-refractivity contribution is 1.32. The summed E-state index contributed by atoms with van der Waals surface area (Å²) in [4.78, 5) is 8.70. The van der Waals surface area contributed by atoms with Gasteiger partial charge in [0.15, 0.2) is 0 Å². The van der Waals surface area contributed by atoms with Crippen molar-refractivity contribution < 1.29 is 0 Å². The van der Waals surface area contributed by atoms with Gasteiger partial charge in [0.1, 0.15) is 0 Å². The van der Waals surface area contributed by atoms with Crippen LogP contribution < -0.4 is 0 Å². The molecular weight excluding hydrogens is 246 g/mol. The third-order valence-corrected chi connectivity index (χ3v) is 4.23. The Morgan fingerprint density at radius 1 is 0.850 bits per heavy atom. The van der Waals surface area contributed by atoms with Gasteiger partial charge < -0.3 is 4.40 Å². The number of aromatic nitrogens is 3. The van der Waals surface area contributed by atoms with E-state index in [1.165, 1.54) is 43.7 Å². The molecule has 4 aromatic heterocycles. The van der Waals surface area contributed by atoms with Crippen molar-refractivity contribution in [3.63, 3.8) is 0 Å². The van der Waals surface area contributed by atoms with Crippen LogP contribution in [0.3, 0.4) is 0 Å². The summed E-state index contributed by atoms with van der Waals surface area (Å²) in [7, 11) is 0. The summed E-state index contributed by atoms with van der Waals surface area (Å²) < 4.78 is 2.34. The van der Waals surface area contributed by atoms with Crippen LogP contribution in [0.5, 0.6) is 0 Å². The molecule has 0 saturated carbocycles. The van der Waals surface area contributed by atoms with Gasteiger partial charge in [0.25, 0.3) is 0 Å². The maximum absolute atomic E-state index is 4.44. The first-order valence-electron chi connectivity index (χ1n) is 6.69. The maximum atomic E-state index is 4.44. The van der Waals surface area contributed by atoms with E-state index in [0.29, 0.717) is 0 Å². The van der Waals surface area contributed by atoms with Crippen molar-refractivity contribution in [1.29, 1.82) is 0 Å². The normalized spacial score (nSPS) is 12.2. The standard InChI is InChI=1S/C17H11N3/c1-10-3-2-4-15-16(10)13-9-19-8-12-11-7-18-6-5-14(11)20(15)17(12)13/h2-9H,1H3. The predicted molar refractivity (Wildman–Crippen MR) is 81.4 cm³/mol. The van der Waals surface area contributed by atoms with Gasteiger partial charge >= 0.3 is 0 Å². The Hall–Kier alpha value is -2.68. The fourth-order valence-corrected chi connectivity index (χ4v) is 3.42. The van der Waals surface area contributed by atoms with E-state index in [9.17, 15) is 0 Å². The van der Waals surface area contributed by atoms with Gasteiger partial charge in [-0.2, -0.15) is 0 Å². The number of pyridine rings is 2. The van der Waals surface area contributed by atoms with Crippen molar-refractivity contribution >= 4 is 38.1 Å². The molecule has 5 aromatic rings. The molecule has 0 unspecified atom stereocenters. The molecule has 0 saturated heterocycles. The molecule has 20 heavy (non-hydrogen) atoms. The quantitative estimate of drug-likeness (QED) is 0.420. The summed E-state index contributed by atoms with van der Waals surface area (Å²) in [6.07, 6.45) is 7.70. The fourth-order valence-electron chi connectivity index (χ4n) is 3.42. The van der Waals surface area contributed by atoms with E-state index < -0.39 is 0 Å². The highest BCUT2D eigenvalue weighted by Crippen LogP contribution is 2.38. The van der Waals surface area contributed by atoms with Gasteiger partial charge in [-0.3, -0.25) is 9.97 Å². The SMILES string of the molecule is Cc1cccc2c1c1cncc3c4cnccc4n2c31. The van der Waals surface area contributed by atoms with Gasteiger partial charge in [0, 0.05) is 46.3 Å². The van der Waals surface area contributed by atoms with E-state index in [1.54, 1.807) is 0 Å². The molecule has 0 N–H and O–H groups in total. The Balaban J connectivity index is 2.31. The molecule has 1 aromatic carbocycles. The Bertz CT molecular complexity index is 1110. The molecule has 0 atom stereocenters. The second-order valence-corrected chi connectivity index (χ2v) is 5.28. The zero-order valence-corrected chi connectivity index (χ0v) is 11.0. The Kier molecular flexibility index (Phi) is 1.65. The molecule has 0 fully saturated rings. The van der Waals surface area contributed by atoms with Crippen LogP contribution >= 0.6 is 0 Å². The summed E-state index contributed by atoms with van der Waals surface area (Å²) in [5, 5.41) is 4.89. The molecule has 0 amide bonds. The lowest BCUT2D eigenvalue weighted by atomic mass is 10.1. The van der Waals surface area contributed by atoms with Crippen LogP contribution in [0, 0.1) is 6.92 Å². The van der Waals surface area contributed by atoms with Crippen LogP contribution in [0.2, 0.25) is 0 Å². The minimum atomic E-state index is 1.17. The largest absolute Gasteiger partial charge is 0.308 e. The lowest BCUT2D eigenvalue weighted by Gasteiger charge is -1.99. The van der Waals surface area contributed by atoms with Gasteiger partial charge in [-0.1, -0.05) is 12.1 Å². The highest BCUT2D eigenvalue weighted by molar-refractivity contribution is 6.23. The lowest BCUT2D eigenvalue weighted by Crippen LogP contribution is -1.81. The van der Waals surface area contributed by atoms with Crippen molar-refractivity contribution in [2.75, 3.05) is 0 Å². The van der Waals surface area contributed by atoms with Gasteiger partial charge in [-0.25, -0.2) is 0 Å². The molecule has 0 aliphatic carbocycles. The zero-order chi connectivity index (χ0) is 13.3. The fraction of sp³-hybridized carbons (Fsp3) is 0.0588. The molecule has 94 valence electrons. The van der Waals surface area contributed by atoms with Crippen LogP contribution in [-0.2, 0) is 0 Å². The molecular formula is C17H11N3. The average Bonchev–Trinajstić information content (AvgIpc) is 2.99. The maximum Gasteiger partial charge on any atom is 0.0652 e. The molecule has 3 heteroatoms. The van der Waals surface area contributed by atoms with Crippen molar-refractivity contribution in [3.05, 3.63) is 54.6 Å². The number of hydrogen-bond donors (Lipinski definition) is 0. The van der Waals surface area contributed by atoms with Crippen LogP contribution in [0.25, 0.3) is 38.1 Å². The number of nitrogens with zero attached hydrogens (tertiary/aromatic N) is 3. The molecule has 0 aliphatic rings. The number of aryl methyl sites for hydroxylation is 1. The van der Waals surface area contributed by atoms with Crippen LogP contribution in [0.4, 0.5) is 0 Å². The Morgan fingerprint density at radius 2 is 1.70 bits per heavy atom. The van der Waals surface area contributed by atoms with E-state index in [4.69, 9.17) is 0 Å². The van der Waals surface area contributed by atoms with E-state index >= 15 is 0 Å². The molecule has 0 bridgehead atoms. The van der Waals surface area contributed by atoms with Crippen molar-refractivity contribution in [1.82, 2.24) is 14.4 Å². The number of rotatable bonds is 0. The van der Waals surface area contributed by atoms with Crippen LogP contribution in [0.15, 0.2) is 49.1 Å². The monoisotopic (exact) mass is 257 g/mol. The second kappa shape index (κ2) is 3.25. The highest BCUT2D eigenvalue weighted by Gasteiger charge is 2.17. The minimum absolute atomic E-state index is 1.17. The predicted octanol–water partition coefficient (Wildman–Crippen LogP) is 3.94. The smallest absolute Gasteiger partial charge is 0.0652 e. The van der Waals surface area contributed by atoms with Crippen LogP contribution in [0.1, 0.15) is 5.56 Å². The van der Waals surface area contributed by atoms with Gasteiger partial charge in [0.05, 0.1) is 16.6 Å². The Labute approximate surface area is 114 Å². The topological polar surface area (TPSA) is 30.2 Å². The van der Waals surface area contributed by atoms with Crippen molar-refractivity contribution in [2.45, 2.75) is 6.92 Å². The summed E-state index contributed by atoms with van der Waals surface area (Å²) >= 11 is 0. The van der Waals surface area contributed by atoms with E-state index in [-0.39, 0.29) is 0 Å². The molecule has 4 heterocycles. The summed E-state index contributed by atoms with van der Waals surface area (Å²) in [6, 6.07) is 8.54. The van der Waals surface area contributed by atoms with E-state index in [1.807, 2.05) is 24.8 Å². The van der Waals surface area contributed by atoms with Gasteiger partial charge in [0.2, 0.25) is 0 Å². The average molecular weight is 257 g/mol. The third-order valence-electron chi connectivity index (χ3n) is 4.23. The zero-order valence-electron chi connectivity index (χ0n) is 11.0. The summed E-state index contributed by atoms with van der Waals surface area (Å²) in [6.45, 7) is 2.16. The van der Waals surface area contributed by atoms with Gasteiger partial charge in [-0.15, -0.1) is 0 Å². The van der Waals surface area contributed by atoms with Crippen molar-refractivity contribution in [3.8, 4) is 0 Å². The summed E-state index contributed by atoms with van der Waals surface area (Å²) in [5.41, 5.74) is 5.00. The molecule has 0 radical (unpaired) electrons. The van der Waals surface area contributed by atoms with Gasteiger partial charge in [-0.05, 0) is 24.6 Å². The second-order valence-electron chi connectivity index (χ2n) is 5.28. The number of benzene rings is 1. The third kappa shape index (κ3) is 0.990. The first-order chi connectivity index (χ1) is 9.86. The molecule has 0 aliphatic heterocycles.